The van der Waals surface area contributed by atoms with Crippen molar-refractivity contribution in [2.75, 3.05) is 11.9 Å². The summed E-state index contributed by atoms with van der Waals surface area (Å²) >= 11 is 0. The summed E-state index contributed by atoms with van der Waals surface area (Å²) < 4.78 is 7.19. The van der Waals surface area contributed by atoms with E-state index in [0.717, 1.165) is 24.1 Å². The van der Waals surface area contributed by atoms with Gasteiger partial charge in [0.1, 0.15) is 12.4 Å². The summed E-state index contributed by atoms with van der Waals surface area (Å²) in [4.78, 5) is 16.9. The maximum atomic E-state index is 12.7. The third kappa shape index (κ3) is 3.04. The maximum Gasteiger partial charge on any atom is 0.338 e. The molecule has 0 aliphatic carbocycles. The van der Waals surface area contributed by atoms with Gasteiger partial charge in [0.25, 0.3) is 0 Å². The third-order valence-electron chi connectivity index (χ3n) is 4.14. The minimum absolute atomic E-state index is 0.305. The third-order valence-corrected chi connectivity index (χ3v) is 4.14. The van der Waals surface area contributed by atoms with Crippen LogP contribution in [0.4, 0.5) is 5.95 Å². The Morgan fingerprint density at radius 1 is 1.29 bits per heavy atom. The maximum absolute atomic E-state index is 12.7. The number of aryl methyl sites for hydroxylation is 1. The number of anilines is 1. The number of hydrogen-bond acceptors (Lipinski definition) is 5. The summed E-state index contributed by atoms with van der Waals surface area (Å²) in [6.45, 7) is 6.40. The van der Waals surface area contributed by atoms with Crippen molar-refractivity contribution in [3.8, 4) is 0 Å². The predicted molar refractivity (Wildman–Crippen MR) is 91.5 cm³/mol. The van der Waals surface area contributed by atoms with Crippen LogP contribution in [0, 0.1) is 6.92 Å². The Kier molecular flexibility index (Phi) is 4.64. The number of ether oxygens (including phenoxy) is 1. The van der Waals surface area contributed by atoms with Crippen LogP contribution >= 0.6 is 0 Å². The monoisotopic (exact) mass is 326 g/mol. The van der Waals surface area contributed by atoms with E-state index in [9.17, 15) is 4.79 Å². The Morgan fingerprint density at radius 3 is 2.75 bits per heavy atom. The van der Waals surface area contributed by atoms with Crippen molar-refractivity contribution < 1.29 is 9.53 Å². The number of rotatable bonds is 5. The smallest absolute Gasteiger partial charge is 0.338 e. The van der Waals surface area contributed by atoms with Gasteiger partial charge in [0, 0.05) is 5.70 Å². The second-order valence-electron chi connectivity index (χ2n) is 5.99. The van der Waals surface area contributed by atoms with Crippen molar-refractivity contribution in [1.29, 1.82) is 0 Å². The number of unbranched alkanes of at least 4 members (excludes halogenated alkanes) is 1. The molecule has 0 amide bonds. The number of benzene rings is 1. The van der Waals surface area contributed by atoms with E-state index in [1.54, 1.807) is 4.68 Å². The van der Waals surface area contributed by atoms with Gasteiger partial charge in [-0.15, -0.1) is 0 Å². The first kappa shape index (κ1) is 16.2. The van der Waals surface area contributed by atoms with Crippen LogP contribution in [0.1, 0.15) is 43.9 Å². The number of carbonyl (C=O) groups is 1. The van der Waals surface area contributed by atoms with Gasteiger partial charge in [0.05, 0.1) is 12.2 Å². The molecule has 6 heteroatoms. The zero-order valence-corrected chi connectivity index (χ0v) is 14.2. The zero-order valence-electron chi connectivity index (χ0n) is 14.2. The number of aromatic nitrogens is 3. The second-order valence-corrected chi connectivity index (χ2v) is 5.99. The average Bonchev–Trinajstić information content (AvgIpc) is 3.02. The highest BCUT2D eigenvalue weighted by Crippen LogP contribution is 2.35. The number of carbonyl (C=O) groups excluding carboxylic acids is 1. The van der Waals surface area contributed by atoms with Crippen molar-refractivity contribution in [3.63, 3.8) is 0 Å². The summed E-state index contributed by atoms with van der Waals surface area (Å²) in [6, 6.07) is 7.76. The molecule has 1 aliphatic heterocycles. The van der Waals surface area contributed by atoms with Gasteiger partial charge in [0.15, 0.2) is 0 Å². The molecule has 0 fully saturated rings. The number of fused-ring (bicyclic) bond motifs is 1. The van der Waals surface area contributed by atoms with Gasteiger partial charge in [-0.25, -0.2) is 9.48 Å². The van der Waals surface area contributed by atoms with Crippen LogP contribution in [0.15, 0.2) is 41.9 Å². The molecule has 6 nitrogen and oxygen atoms in total. The Morgan fingerprint density at radius 2 is 2.04 bits per heavy atom. The Labute approximate surface area is 141 Å². The van der Waals surface area contributed by atoms with Crippen LogP contribution in [0.25, 0.3) is 0 Å². The molecule has 1 aromatic heterocycles. The lowest BCUT2D eigenvalue weighted by Crippen LogP contribution is -2.29. The van der Waals surface area contributed by atoms with E-state index in [-0.39, 0.29) is 12.0 Å². The minimum atomic E-state index is -0.335. The fourth-order valence-electron chi connectivity index (χ4n) is 2.80. The van der Waals surface area contributed by atoms with E-state index in [1.165, 1.54) is 11.9 Å². The molecular weight excluding hydrogens is 304 g/mol. The highest BCUT2D eigenvalue weighted by atomic mass is 16.5. The van der Waals surface area contributed by atoms with E-state index in [0.29, 0.717) is 18.1 Å². The number of hydrogen-bond donors (Lipinski definition) is 1. The first-order chi connectivity index (χ1) is 11.6. The van der Waals surface area contributed by atoms with E-state index >= 15 is 0 Å². The summed E-state index contributed by atoms with van der Waals surface area (Å²) in [5, 5.41) is 7.44. The molecule has 126 valence electrons. The topological polar surface area (TPSA) is 69.0 Å². The fourth-order valence-corrected chi connectivity index (χ4v) is 2.80. The molecule has 0 bridgehead atoms. The van der Waals surface area contributed by atoms with Crippen LogP contribution in [0.2, 0.25) is 0 Å². The second kappa shape index (κ2) is 6.86. The molecule has 24 heavy (non-hydrogen) atoms. The van der Waals surface area contributed by atoms with Crippen LogP contribution in [0.3, 0.4) is 0 Å². The van der Waals surface area contributed by atoms with Gasteiger partial charge in [0.2, 0.25) is 5.95 Å². The van der Waals surface area contributed by atoms with Gasteiger partial charge in [-0.3, -0.25) is 0 Å². The van der Waals surface area contributed by atoms with Crippen molar-refractivity contribution >= 4 is 11.9 Å². The summed E-state index contributed by atoms with van der Waals surface area (Å²) in [5.41, 5.74) is 3.48. The molecule has 1 N–H and O–H groups in total. The number of esters is 1. The summed E-state index contributed by atoms with van der Waals surface area (Å²) in [6.07, 6.45) is 3.33. The van der Waals surface area contributed by atoms with Gasteiger partial charge in [-0.2, -0.15) is 10.1 Å². The van der Waals surface area contributed by atoms with Crippen molar-refractivity contribution in [2.24, 2.45) is 0 Å². The van der Waals surface area contributed by atoms with E-state index in [4.69, 9.17) is 4.74 Å². The standard InChI is InChI=1S/C18H22N4O2/c1-4-5-10-24-17(23)15-13(3)21-18-19-11-20-22(18)16(15)14-8-6-12(2)7-9-14/h6-9,11,16H,4-5,10H2,1-3H3,(H,19,20,21). The molecule has 1 atom stereocenters. The lowest BCUT2D eigenvalue weighted by atomic mass is 9.95. The lowest BCUT2D eigenvalue weighted by Gasteiger charge is -2.28. The van der Waals surface area contributed by atoms with E-state index < -0.39 is 0 Å². The Balaban J connectivity index is 2.00. The molecule has 0 spiro atoms. The molecule has 2 heterocycles. The average molecular weight is 326 g/mol. The Bertz CT molecular complexity index is 762. The molecule has 1 unspecified atom stereocenters. The fraction of sp³-hybridized carbons (Fsp3) is 0.389. The summed E-state index contributed by atoms with van der Waals surface area (Å²) in [5.74, 6) is 0.323. The number of nitrogens with zero attached hydrogens (tertiary/aromatic N) is 3. The van der Waals surface area contributed by atoms with Crippen LogP contribution < -0.4 is 5.32 Å². The Hall–Kier alpha value is -2.63. The molecule has 0 saturated heterocycles. The number of nitrogens with one attached hydrogen (secondary N) is 1. The molecule has 0 radical (unpaired) electrons. The first-order valence-corrected chi connectivity index (χ1v) is 8.22. The highest BCUT2D eigenvalue weighted by molar-refractivity contribution is 5.92. The predicted octanol–water partition coefficient (Wildman–Crippen LogP) is 3.22. The number of allylic oxidation sites excluding steroid dienone is 1. The highest BCUT2D eigenvalue weighted by Gasteiger charge is 2.34. The minimum Gasteiger partial charge on any atom is -0.462 e. The molecule has 1 aromatic carbocycles. The lowest BCUT2D eigenvalue weighted by molar-refractivity contribution is -0.139. The normalized spacial score (nSPS) is 16.5. The van der Waals surface area contributed by atoms with Crippen LogP contribution in [0.5, 0.6) is 0 Å². The van der Waals surface area contributed by atoms with Crippen LogP contribution in [-0.4, -0.2) is 27.3 Å². The van der Waals surface area contributed by atoms with Crippen molar-refractivity contribution in [2.45, 2.75) is 39.7 Å². The molecule has 1 aliphatic rings. The molecule has 0 saturated carbocycles. The van der Waals surface area contributed by atoms with E-state index in [1.807, 2.05) is 38.1 Å². The van der Waals surface area contributed by atoms with Gasteiger partial charge in [-0.1, -0.05) is 43.2 Å². The van der Waals surface area contributed by atoms with Crippen LogP contribution in [-0.2, 0) is 9.53 Å². The zero-order chi connectivity index (χ0) is 17.1. The largest absolute Gasteiger partial charge is 0.462 e. The van der Waals surface area contributed by atoms with Gasteiger partial charge >= 0.3 is 5.97 Å². The van der Waals surface area contributed by atoms with Crippen molar-refractivity contribution in [3.05, 3.63) is 53.0 Å². The molecule has 2 aromatic rings. The summed E-state index contributed by atoms with van der Waals surface area (Å²) in [7, 11) is 0. The molecular formula is C18H22N4O2. The van der Waals surface area contributed by atoms with Gasteiger partial charge in [-0.05, 0) is 25.8 Å². The quantitative estimate of drug-likeness (QED) is 0.675. The SMILES string of the molecule is CCCCOC(=O)C1=C(C)Nc2ncnn2C1c1ccc(C)cc1. The molecule has 3 rings (SSSR count). The first-order valence-electron chi connectivity index (χ1n) is 8.22. The van der Waals surface area contributed by atoms with E-state index in [2.05, 4.69) is 22.3 Å². The van der Waals surface area contributed by atoms with Crippen molar-refractivity contribution in [1.82, 2.24) is 14.8 Å². The van der Waals surface area contributed by atoms with Gasteiger partial charge < -0.3 is 10.1 Å².